The number of nitriles is 1. The Morgan fingerprint density at radius 1 is 1.25 bits per heavy atom. The number of aryl methyl sites for hydroxylation is 1. The molecule has 0 aliphatic rings. The first-order valence-corrected chi connectivity index (χ1v) is 8.56. The summed E-state index contributed by atoms with van der Waals surface area (Å²) in [5, 5.41) is 12.1. The van der Waals surface area contributed by atoms with Crippen LogP contribution in [0, 0.1) is 18.3 Å². The summed E-state index contributed by atoms with van der Waals surface area (Å²) in [4.78, 5) is 12.5. The van der Waals surface area contributed by atoms with Gasteiger partial charge in [-0.05, 0) is 68.6 Å². The zero-order chi connectivity index (χ0) is 17.7. The molecule has 0 aromatic heterocycles. The Balaban J connectivity index is 2.34. The first-order chi connectivity index (χ1) is 11.5. The van der Waals surface area contributed by atoms with Gasteiger partial charge in [-0.25, -0.2) is 0 Å². The van der Waals surface area contributed by atoms with Crippen LogP contribution in [-0.4, -0.2) is 13.0 Å². The van der Waals surface area contributed by atoms with Gasteiger partial charge in [-0.3, -0.25) is 4.79 Å². The maximum atomic E-state index is 12.5. The molecule has 24 heavy (non-hydrogen) atoms. The Kier molecular flexibility index (Phi) is 6.18. The maximum absolute atomic E-state index is 12.5. The number of hydrogen-bond donors (Lipinski definition) is 1. The number of nitrogens with one attached hydrogen (secondary N) is 1. The van der Waals surface area contributed by atoms with Gasteiger partial charge in [0.1, 0.15) is 17.4 Å². The van der Waals surface area contributed by atoms with E-state index >= 15 is 0 Å². The predicted molar refractivity (Wildman–Crippen MR) is 102 cm³/mol. The molecule has 1 N–H and O–H groups in total. The topological polar surface area (TPSA) is 62.1 Å². The number of methoxy groups -OCH3 is 1. The number of para-hydroxylation sites is 1. The van der Waals surface area contributed by atoms with Gasteiger partial charge in [0.2, 0.25) is 0 Å². The van der Waals surface area contributed by atoms with Crippen LogP contribution < -0.4 is 10.1 Å². The van der Waals surface area contributed by atoms with Crippen LogP contribution in [0.15, 0.2) is 50.9 Å². The summed E-state index contributed by atoms with van der Waals surface area (Å²) in [5.74, 6) is 0.101. The molecular formula is C18H14Br2N2O2. The molecule has 1 amide bonds. The van der Waals surface area contributed by atoms with Crippen molar-refractivity contribution < 1.29 is 9.53 Å². The SMILES string of the molecule is COc1ccccc1/C=C(\C#N)C(=O)Nc1c(Br)cc(C)cc1Br. The van der Waals surface area contributed by atoms with E-state index in [0.29, 0.717) is 17.0 Å². The largest absolute Gasteiger partial charge is 0.496 e. The van der Waals surface area contributed by atoms with Crippen molar-refractivity contribution in [2.24, 2.45) is 0 Å². The van der Waals surface area contributed by atoms with E-state index in [1.165, 1.54) is 6.08 Å². The molecule has 0 atom stereocenters. The van der Waals surface area contributed by atoms with Crippen molar-refractivity contribution in [2.75, 3.05) is 12.4 Å². The third-order valence-corrected chi connectivity index (χ3v) is 4.48. The summed E-state index contributed by atoms with van der Waals surface area (Å²) < 4.78 is 6.71. The normalized spacial score (nSPS) is 10.9. The number of hydrogen-bond acceptors (Lipinski definition) is 3. The molecule has 2 aromatic carbocycles. The Morgan fingerprint density at radius 3 is 2.46 bits per heavy atom. The smallest absolute Gasteiger partial charge is 0.266 e. The molecule has 2 rings (SSSR count). The Labute approximate surface area is 157 Å². The molecule has 0 spiro atoms. The molecule has 6 heteroatoms. The number of rotatable bonds is 4. The second kappa shape index (κ2) is 8.13. The van der Waals surface area contributed by atoms with E-state index < -0.39 is 5.91 Å². The van der Waals surface area contributed by atoms with E-state index in [0.717, 1.165) is 14.5 Å². The summed E-state index contributed by atoms with van der Waals surface area (Å²) >= 11 is 6.84. The Morgan fingerprint density at radius 2 is 1.88 bits per heavy atom. The standard InChI is InChI=1S/C18H14Br2N2O2/c1-11-7-14(19)17(15(20)8-11)22-18(23)13(10-21)9-12-5-3-4-6-16(12)24-2/h3-9H,1-2H3,(H,22,23)/b13-9+. The van der Waals surface area contributed by atoms with Gasteiger partial charge in [0.05, 0.1) is 12.8 Å². The molecule has 0 aliphatic heterocycles. The lowest BCUT2D eigenvalue weighted by atomic mass is 10.1. The van der Waals surface area contributed by atoms with Crippen molar-refractivity contribution in [2.45, 2.75) is 6.92 Å². The van der Waals surface area contributed by atoms with Crippen molar-refractivity contribution in [3.05, 3.63) is 62.0 Å². The second-order valence-corrected chi connectivity index (χ2v) is 6.68. The molecule has 0 radical (unpaired) electrons. The summed E-state index contributed by atoms with van der Waals surface area (Å²) in [6.45, 7) is 1.95. The quantitative estimate of drug-likeness (QED) is 0.523. The van der Waals surface area contributed by atoms with E-state index in [1.807, 2.05) is 37.3 Å². The average molecular weight is 450 g/mol. The van der Waals surface area contributed by atoms with Gasteiger partial charge >= 0.3 is 0 Å². The summed E-state index contributed by atoms with van der Waals surface area (Å²) in [6, 6.07) is 12.9. The lowest BCUT2D eigenvalue weighted by Crippen LogP contribution is -2.14. The summed E-state index contributed by atoms with van der Waals surface area (Å²) in [7, 11) is 1.54. The van der Waals surface area contributed by atoms with Gasteiger partial charge in [0, 0.05) is 14.5 Å². The zero-order valence-corrected chi connectivity index (χ0v) is 16.2. The highest BCUT2D eigenvalue weighted by Gasteiger charge is 2.15. The van der Waals surface area contributed by atoms with Crippen LogP contribution in [0.3, 0.4) is 0 Å². The van der Waals surface area contributed by atoms with E-state index in [9.17, 15) is 10.1 Å². The fourth-order valence-electron chi connectivity index (χ4n) is 2.09. The lowest BCUT2D eigenvalue weighted by Gasteiger charge is -2.11. The molecule has 0 saturated carbocycles. The molecule has 0 aliphatic carbocycles. The third kappa shape index (κ3) is 4.25. The molecule has 2 aromatic rings. The molecule has 4 nitrogen and oxygen atoms in total. The van der Waals surface area contributed by atoms with Crippen LogP contribution in [0.5, 0.6) is 5.75 Å². The monoisotopic (exact) mass is 448 g/mol. The number of carbonyl (C=O) groups is 1. The van der Waals surface area contributed by atoms with Crippen LogP contribution in [-0.2, 0) is 4.79 Å². The van der Waals surface area contributed by atoms with Gasteiger partial charge in [0.15, 0.2) is 0 Å². The Hall–Kier alpha value is -2.10. The summed E-state index contributed by atoms with van der Waals surface area (Å²) in [5.41, 5.74) is 2.26. The van der Waals surface area contributed by atoms with Crippen molar-refractivity contribution in [1.29, 1.82) is 5.26 Å². The molecule has 0 fully saturated rings. The highest BCUT2D eigenvalue weighted by Crippen LogP contribution is 2.32. The fraction of sp³-hybridized carbons (Fsp3) is 0.111. The molecule has 0 bridgehead atoms. The molecule has 122 valence electrons. The minimum Gasteiger partial charge on any atom is -0.496 e. The molecular weight excluding hydrogens is 436 g/mol. The van der Waals surface area contributed by atoms with Gasteiger partial charge < -0.3 is 10.1 Å². The minimum atomic E-state index is -0.492. The van der Waals surface area contributed by atoms with E-state index in [2.05, 4.69) is 37.2 Å². The summed E-state index contributed by atoms with van der Waals surface area (Å²) in [6.07, 6.45) is 1.50. The minimum absolute atomic E-state index is 0.0149. The lowest BCUT2D eigenvalue weighted by molar-refractivity contribution is -0.112. The van der Waals surface area contributed by atoms with E-state index in [-0.39, 0.29) is 5.57 Å². The van der Waals surface area contributed by atoms with Gasteiger partial charge in [-0.1, -0.05) is 18.2 Å². The number of ether oxygens (including phenoxy) is 1. The highest BCUT2D eigenvalue weighted by molar-refractivity contribution is 9.11. The van der Waals surface area contributed by atoms with Crippen LogP contribution in [0.4, 0.5) is 5.69 Å². The first-order valence-electron chi connectivity index (χ1n) is 6.98. The molecule has 0 heterocycles. The average Bonchev–Trinajstić information content (AvgIpc) is 2.56. The number of carbonyl (C=O) groups excluding carboxylic acids is 1. The van der Waals surface area contributed by atoms with Crippen molar-refractivity contribution in [3.8, 4) is 11.8 Å². The van der Waals surface area contributed by atoms with Crippen LogP contribution >= 0.6 is 31.9 Å². The van der Waals surface area contributed by atoms with Crippen LogP contribution in [0.2, 0.25) is 0 Å². The van der Waals surface area contributed by atoms with Crippen LogP contribution in [0.25, 0.3) is 6.08 Å². The third-order valence-electron chi connectivity index (χ3n) is 3.23. The number of amides is 1. The van der Waals surface area contributed by atoms with Crippen molar-refractivity contribution >= 4 is 49.5 Å². The highest BCUT2D eigenvalue weighted by atomic mass is 79.9. The predicted octanol–water partition coefficient (Wildman–Crippen LogP) is 5.07. The number of benzene rings is 2. The number of anilines is 1. The van der Waals surface area contributed by atoms with Gasteiger partial charge in [-0.2, -0.15) is 5.26 Å². The second-order valence-electron chi connectivity index (χ2n) is 4.97. The van der Waals surface area contributed by atoms with Crippen molar-refractivity contribution in [1.82, 2.24) is 0 Å². The molecule has 0 saturated heterocycles. The van der Waals surface area contributed by atoms with E-state index in [4.69, 9.17) is 4.74 Å². The Bertz CT molecular complexity index is 831. The van der Waals surface area contributed by atoms with Gasteiger partial charge in [-0.15, -0.1) is 0 Å². The van der Waals surface area contributed by atoms with Crippen LogP contribution in [0.1, 0.15) is 11.1 Å². The zero-order valence-electron chi connectivity index (χ0n) is 13.1. The van der Waals surface area contributed by atoms with Crippen molar-refractivity contribution in [3.63, 3.8) is 0 Å². The molecule has 0 unspecified atom stereocenters. The van der Waals surface area contributed by atoms with Gasteiger partial charge in [0.25, 0.3) is 5.91 Å². The number of nitrogens with zero attached hydrogens (tertiary/aromatic N) is 1. The fourth-order valence-corrected chi connectivity index (χ4v) is 3.70. The maximum Gasteiger partial charge on any atom is 0.266 e. The number of halogens is 2. The van der Waals surface area contributed by atoms with E-state index in [1.54, 1.807) is 19.2 Å². The first kappa shape index (κ1) is 18.2.